The molecule has 0 unspecified atom stereocenters. The number of ether oxygens (including phenoxy) is 2. The summed E-state index contributed by atoms with van der Waals surface area (Å²) in [7, 11) is 1.29. The maximum absolute atomic E-state index is 11.1. The maximum Gasteiger partial charge on any atom is 0.358 e. The van der Waals surface area contributed by atoms with Gasteiger partial charge in [-0.1, -0.05) is 6.07 Å². The van der Waals surface area contributed by atoms with E-state index in [2.05, 4.69) is 19.7 Å². The van der Waals surface area contributed by atoms with Crippen molar-refractivity contribution in [2.45, 2.75) is 6.42 Å². The Morgan fingerprint density at radius 2 is 2.11 bits per heavy atom. The van der Waals surface area contributed by atoms with Crippen molar-refractivity contribution in [2.75, 3.05) is 13.7 Å². The van der Waals surface area contributed by atoms with Crippen molar-refractivity contribution >= 4 is 5.97 Å². The molecule has 0 bridgehead atoms. The number of carbonyl (C=O) groups excluding carboxylic acids is 1. The minimum atomic E-state index is -0.521. The third-order valence-electron chi connectivity index (χ3n) is 2.36. The van der Waals surface area contributed by atoms with Gasteiger partial charge in [0.15, 0.2) is 5.69 Å². The average Bonchev–Trinajstić information content (AvgIpc) is 2.48. The molecule has 6 heteroatoms. The van der Waals surface area contributed by atoms with Crippen LogP contribution in [-0.2, 0) is 11.2 Å². The molecule has 2 heterocycles. The van der Waals surface area contributed by atoms with Gasteiger partial charge in [0.05, 0.1) is 26.1 Å². The van der Waals surface area contributed by atoms with Gasteiger partial charge < -0.3 is 9.47 Å². The van der Waals surface area contributed by atoms with Crippen molar-refractivity contribution in [1.82, 2.24) is 15.0 Å². The number of hydrogen-bond donors (Lipinski definition) is 0. The van der Waals surface area contributed by atoms with Crippen LogP contribution in [-0.4, -0.2) is 34.6 Å². The predicted molar refractivity (Wildman–Crippen MR) is 66.8 cm³/mol. The van der Waals surface area contributed by atoms with Crippen molar-refractivity contribution in [3.63, 3.8) is 0 Å². The Hall–Kier alpha value is -2.50. The third kappa shape index (κ3) is 3.74. The minimum Gasteiger partial charge on any atom is -0.476 e. The number of rotatable bonds is 5. The molecule has 0 fully saturated rings. The van der Waals surface area contributed by atoms with E-state index in [0.29, 0.717) is 18.9 Å². The summed E-state index contributed by atoms with van der Waals surface area (Å²) in [5, 5.41) is 0. The second-order valence-corrected chi connectivity index (χ2v) is 3.65. The molecule has 6 nitrogen and oxygen atoms in total. The smallest absolute Gasteiger partial charge is 0.358 e. The molecule has 2 aromatic heterocycles. The third-order valence-corrected chi connectivity index (χ3v) is 2.36. The second kappa shape index (κ2) is 6.44. The SMILES string of the molecule is COC(=O)c1cnc(OCCc2ccccn2)cn1. The average molecular weight is 259 g/mol. The van der Waals surface area contributed by atoms with Crippen LogP contribution in [0, 0.1) is 0 Å². The van der Waals surface area contributed by atoms with Crippen LogP contribution in [0.2, 0.25) is 0 Å². The fourth-order valence-electron chi connectivity index (χ4n) is 1.41. The van der Waals surface area contributed by atoms with Gasteiger partial charge in [-0.15, -0.1) is 0 Å². The molecule has 0 N–H and O–H groups in total. The zero-order valence-electron chi connectivity index (χ0n) is 10.4. The summed E-state index contributed by atoms with van der Waals surface area (Å²) in [4.78, 5) is 23.2. The summed E-state index contributed by atoms with van der Waals surface area (Å²) < 4.78 is 9.94. The summed E-state index contributed by atoms with van der Waals surface area (Å²) in [6.45, 7) is 0.448. The molecule has 0 spiro atoms. The number of nitrogens with zero attached hydrogens (tertiary/aromatic N) is 3. The van der Waals surface area contributed by atoms with Crippen molar-refractivity contribution < 1.29 is 14.3 Å². The number of carbonyl (C=O) groups is 1. The van der Waals surface area contributed by atoms with Crippen LogP contribution < -0.4 is 4.74 Å². The molecular weight excluding hydrogens is 246 g/mol. The van der Waals surface area contributed by atoms with Crippen molar-refractivity contribution in [3.05, 3.63) is 48.2 Å². The first-order valence-corrected chi connectivity index (χ1v) is 5.72. The van der Waals surface area contributed by atoms with Gasteiger partial charge in [0, 0.05) is 18.3 Å². The summed E-state index contributed by atoms with van der Waals surface area (Å²) in [6, 6.07) is 5.71. The van der Waals surface area contributed by atoms with E-state index in [1.807, 2.05) is 18.2 Å². The van der Waals surface area contributed by atoms with Gasteiger partial charge in [-0.2, -0.15) is 0 Å². The van der Waals surface area contributed by atoms with Crippen LogP contribution >= 0.6 is 0 Å². The Balaban J connectivity index is 1.85. The van der Waals surface area contributed by atoms with Crippen LogP contribution in [0.3, 0.4) is 0 Å². The topological polar surface area (TPSA) is 74.2 Å². The molecule has 98 valence electrons. The van der Waals surface area contributed by atoms with E-state index < -0.39 is 5.97 Å². The van der Waals surface area contributed by atoms with E-state index in [0.717, 1.165) is 5.69 Å². The zero-order chi connectivity index (χ0) is 13.5. The van der Waals surface area contributed by atoms with Crippen molar-refractivity contribution in [2.24, 2.45) is 0 Å². The van der Waals surface area contributed by atoms with Crippen LogP contribution in [0.4, 0.5) is 0 Å². The lowest BCUT2D eigenvalue weighted by Gasteiger charge is -2.04. The van der Waals surface area contributed by atoms with Gasteiger partial charge >= 0.3 is 5.97 Å². The lowest BCUT2D eigenvalue weighted by Crippen LogP contribution is -2.07. The first-order valence-electron chi connectivity index (χ1n) is 5.72. The van der Waals surface area contributed by atoms with Gasteiger partial charge in [0.2, 0.25) is 5.88 Å². The molecule has 0 aliphatic rings. The second-order valence-electron chi connectivity index (χ2n) is 3.65. The molecule has 0 aliphatic carbocycles. The highest BCUT2D eigenvalue weighted by Crippen LogP contribution is 2.05. The van der Waals surface area contributed by atoms with Gasteiger partial charge in [0.25, 0.3) is 0 Å². The number of hydrogen-bond acceptors (Lipinski definition) is 6. The quantitative estimate of drug-likeness (QED) is 0.753. The highest BCUT2D eigenvalue weighted by molar-refractivity contribution is 5.86. The van der Waals surface area contributed by atoms with E-state index in [9.17, 15) is 4.79 Å². The van der Waals surface area contributed by atoms with Gasteiger partial charge in [-0.3, -0.25) is 4.98 Å². The molecule has 0 saturated carbocycles. The van der Waals surface area contributed by atoms with Gasteiger partial charge in [-0.05, 0) is 12.1 Å². The Kier molecular flexibility index (Phi) is 4.39. The number of esters is 1. The Bertz CT molecular complexity index is 529. The van der Waals surface area contributed by atoms with Crippen molar-refractivity contribution in [3.8, 4) is 5.88 Å². The minimum absolute atomic E-state index is 0.152. The monoisotopic (exact) mass is 259 g/mol. The lowest BCUT2D eigenvalue weighted by atomic mass is 10.3. The van der Waals surface area contributed by atoms with Crippen LogP contribution in [0.1, 0.15) is 16.2 Å². The lowest BCUT2D eigenvalue weighted by molar-refractivity contribution is 0.0593. The molecule has 0 radical (unpaired) electrons. The normalized spacial score (nSPS) is 9.95. The molecule has 0 aliphatic heterocycles. The summed E-state index contributed by atoms with van der Waals surface area (Å²) in [6.07, 6.45) is 5.13. The summed E-state index contributed by atoms with van der Waals surface area (Å²) in [5.41, 5.74) is 1.10. The van der Waals surface area contributed by atoms with E-state index >= 15 is 0 Å². The largest absolute Gasteiger partial charge is 0.476 e. The molecule has 0 aromatic carbocycles. The summed E-state index contributed by atoms with van der Waals surface area (Å²) >= 11 is 0. The molecule has 0 amide bonds. The van der Waals surface area contributed by atoms with Gasteiger partial charge in [0.1, 0.15) is 0 Å². The molecule has 0 atom stereocenters. The molecule has 19 heavy (non-hydrogen) atoms. The fraction of sp³-hybridized carbons (Fsp3) is 0.231. The Morgan fingerprint density at radius 3 is 2.74 bits per heavy atom. The number of methoxy groups -OCH3 is 1. The highest BCUT2D eigenvalue weighted by Gasteiger charge is 2.07. The zero-order valence-corrected chi connectivity index (χ0v) is 10.4. The molecule has 2 rings (SSSR count). The predicted octanol–water partition coefficient (Wildman–Crippen LogP) is 1.28. The standard InChI is InChI=1S/C13H13N3O3/c1-18-13(17)11-8-16-12(9-15-11)19-7-5-10-4-2-3-6-14-10/h2-4,6,8-9H,5,7H2,1H3. The first-order chi connectivity index (χ1) is 9.29. The fourth-order valence-corrected chi connectivity index (χ4v) is 1.41. The highest BCUT2D eigenvalue weighted by atomic mass is 16.5. The Labute approximate surface area is 110 Å². The first kappa shape index (κ1) is 12.9. The number of pyridine rings is 1. The molecule has 0 saturated heterocycles. The van der Waals surface area contributed by atoms with E-state index in [-0.39, 0.29) is 5.69 Å². The van der Waals surface area contributed by atoms with E-state index in [1.165, 1.54) is 19.5 Å². The van der Waals surface area contributed by atoms with Gasteiger partial charge in [-0.25, -0.2) is 14.8 Å². The van der Waals surface area contributed by atoms with E-state index in [1.54, 1.807) is 6.20 Å². The molecular formula is C13H13N3O3. The van der Waals surface area contributed by atoms with E-state index in [4.69, 9.17) is 4.74 Å². The Morgan fingerprint density at radius 1 is 1.21 bits per heavy atom. The number of aromatic nitrogens is 3. The maximum atomic E-state index is 11.1. The van der Waals surface area contributed by atoms with Crippen molar-refractivity contribution in [1.29, 1.82) is 0 Å². The van der Waals surface area contributed by atoms with Crippen LogP contribution in [0.5, 0.6) is 5.88 Å². The molecule has 2 aromatic rings. The van der Waals surface area contributed by atoms with Crippen LogP contribution in [0.25, 0.3) is 0 Å². The van der Waals surface area contributed by atoms with Crippen LogP contribution in [0.15, 0.2) is 36.8 Å². The summed E-state index contributed by atoms with van der Waals surface area (Å²) in [5.74, 6) is -0.156.